The summed E-state index contributed by atoms with van der Waals surface area (Å²) >= 11 is 16.5. The van der Waals surface area contributed by atoms with Crippen LogP contribution < -0.4 is 5.32 Å². The molecule has 0 heterocycles. The molecule has 1 amide bonds. The molecule has 0 fully saturated rings. The molecule has 1 N–H and O–H groups in total. The Bertz CT molecular complexity index is 140. The Morgan fingerprint density at radius 1 is 1.45 bits per heavy atom. The van der Waals surface area contributed by atoms with Crippen LogP contribution in [0.2, 0.25) is 6.04 Å². The summed E-state index contributed by atoms with van der Waals surface area (Å²) in [5.74, 6) is 0. The average Bonchev–Trinajstić information content (AvgIpc) is 1.78. The van der Waals surface area contributed by atoms with E-state index < -0.39 is 12.2 Å². The highest BCUT2D eigenvalue weighted by Gasteiger charge is 2.23. The molecule has 0 aromatic rings. The van der Waals surface area contributed by atoms with Gasteiger partial charge in [0.1, 0.15) is 0 Å². The van der Waals surface area contributed by atoms with E-state index in [0.29, 0.717) is 12.5 Å². The molecule has 0 rings (SSSR count). The maximum Gasteiger partial charge on any atom is 0.397 e. The largest absolute Gasteiger partial charge is 0.397 e. The van der Waals surface area contributed by atoms with Gasteiger partial charge in [-0.1, -0.05) is 0 Å². The van der Waals surface area contributed by atoms with Crippen molar-refractivity contribution in [1.82, 2.24) is 5.32 Å². The van der Waals surface area contributed by atoms with Gasteiger partial charge in [-0.2, -0.15) is 0 Å². The highest BCUT2D eigenvalue weighted by atomic mass is 35.8. The molecule has 0 bridgehead atoms. The van der Waals surface area contributed by atoms with Gasteiger partial charge in [0.25, 0.3) is 0 Å². The van der Waals surface area contributed by atoms with Crippen molar-refractivity contribution in [2.45, 2.75) is 12.5 Å². The first-order chi connectivity index (χ1) is 4.92. The molecule has 0 saturated heterocycles. The van der Waals surface area contributed by atoms with Crippen LogP contribution in [0.3, 0.4) is 0 Å². The van der Waals surface area contributed by atoms with Crippen molar-refractivity contribution < 1.29 is 9.18 Å². The Hall–Kier alpha value is 0.487. The standard InChI is InChI=1S/C4H7Cl3FNOSi/c5-11(6,7)3-1-2-9-4(8)10/h1-3H2,(H,9,10). The van der Waals surface area contributed by atoms with E-state index in [9.17, 15) is 9.18 Å². The van der Waals surface area contributed by atoms with E-state index >= 15 is 0 Å². The Morgan fingerprint density at radius 2 is 2.00 bits per heavy atom. The maximum atomic E-state index is 11.5. The average molecular weight is 239 g/mol. The zero-order chi connectivity index (χ0) is 8.91. The molecule has 0 aliphatic heterocycles. The second-order valence-electron chi connectivity index (χ2n) is 1.92. The van der Waals surface area contributed by atoms with Crippen LogP contribution >= 0.6 is 33.2 Å². The molecule has 2 nitrogen and oxygen atoms in total. The normalized spacial score (nSPS) is 11.3. The van der Waals surface area contributed by atoms with Crippen molar-refractivity contribution in [2.24, 2.45) is 0 Å². The van der Waals surface area contributed by atoms with Gasteiger partial charge < -0.3 is 5.32 Å². The second-order valence-corrected chi connectivity index (χ2v) is 11.2. The van der Waals surface area contributed by atoms with Crippen LogP contribution in [0, 0.1) is 0 Å². The first-order valence-corrected chi connectivity index (χ1v) is 8.16. The van der Waals surface area contributed by atoms with Gasteiger partial charge in [-0.05, 0) is 12.5 Å². The van der Waals surface area contributed by atoms with E-state index in [0.717, 1.165) is 0 Å². The summed E-state index contributed by atoms with van der Waals surface area (Å²) in [5, 5.41) is 1.96. The second kappa shape index (κ2) is 5.19. The number of carbonyl (C=O) groups excluding carboxylic acids is 1. The predicted octanol–water partition coefficient (Wildman–Crippen LogP) is 2.71. The van der Waals surface area contributed by atoms with Crippen LogP contribution in [-0.2, 0) is 0 Å². The third kappa shape index (κ3) is 10.5. The molecule has 7 heteroatoms. The fraction of sp³-hybridized carbons (Fsp3) is 0.750. The minimum absolute atomic E-state index is 0.218. The van der Waals surface area contributed by atoms with Crippen molar-refractivity contribution in [3.63, 3.8) is 0 Å². The lowest BCUT2D eigenvalue weighted by molar-refractivity contribution is 0.221. The van der Waals surface area contributed by atoms with Crippen LogP contribution in [0.4, 0.5) is 9.18 Å². The fourth-order valence-corrected chi connectivity index (χ4v) is 2.26. The third-order valence-electron chi connectivity index (χ3n) is 0.901. The van der Waals surface area contributed by atoms with Gasteiger partial charge >= 0.3 is 12.2 Å². The number of hydrogen-bond acceptors (Lipinski definition) is 1. The first-order valence-electron chi connectivity index (χ1n) is 2.92. The van der Waals surface area contributed by atoms with E-state index in [1.165, 1.54) is 0 Å². The van der Waals surface area contributed by atoms with Gasteiger partial charge in [-0.15, -0.1) is 37.6 Å². The van der Waals surface area contributed by atoms with E-state index in [2.05, 4.69) is 0 Å². The predicted molar refractivity (Wildman–Crippen MR) is 47.2 cm³/mol. The minimum atomic E-state index is -2.59. The number of nitrogens with one attached hydrogen (secondary N) is 1. The quantitative estimate of drug-likeness (QED) is 0.264. The third-order valence-corrected chi connectivity index (χ3v) is 3.52. The van der Waals surface area contributed by atoms with E-state index in [4.69, 9.17) is 33.2 Å². The van der Waals surface area contributed by atoms with Crippen LogP contribution in [0.25, 0.3) is 0 Å². The maximum absolute atomic E-state index is 11.5. The molecule has 0 atom stereocenters. The molecule has 11 heavy (non-hydrogen) atoms. The molecule has 0 aromatic carbocycles. The number of hydrogen-bond donors (Lipinski definition) is 1. The molecule has 0 aromatic heterocycles. The summed E-state index contributed by atoms with van der Waals surface area (Å²) < 4.78 is 11.5. The van der Waals surface area contributed by atoms with E-state index in [1.807, 2.05) is 5.32 Å². The van der Waals surface area contributed by atoms with Gasteiger partial charge in [-0.25, -0.2) is 4.79 Å². The summed E-state index contributed by atoms with van der Waals surface area (Å²) in [5.41, 5.74) is 0. The topological polar surface area (TPSA) is 29.1 Å². The van der Waals surface area contributed by atoms with E-state index in [-0.39, 0.29) is 6.54 Å². The highest BCUT2D eigenvalue weighted by molar-refractivity contribution is 7.64. The van der Waals surface area contributed by atoms with Gasteiger partial charge in [0, 0.05) is 6.54 Å². The summed E-state index contributed by atoms with van der Waals surface area (Å²) in [6, 6.07) is -2.16. The summed E-state index contributed by atoms with van der Waals surface area (Å²) in [7, 11) is 0. The molecule has 66 valence electrons. The molecular formula is C4H7Cl3FNOSi. The summed E-state index contributed by atoms with van der Waals surface area (Å²) in [4.78, 5) is 9.70. The number of rotatable bonds is 4. The van der Waals surface area contributed by atoms with Gasteiger partial charge in [0.15, 0.2) is 0 Å². The molecule has 0 spiro atoms. The molecule has 0 aliphatic carbocycles. The lowest BCUT2D eigenvalue weighted by atomic mass is 10.5. The Morgan fingerprint density at radius 3 is 2.36 bits per heavy atom. The fourth-order valence-electron chi connectivity index (χ4n) is 0.475. The Kier molecular flexibility index (Phi) is 5.42. The molecule has 0 unspecified atom stereocenters. The van der Waals surface area contributed by atoms with Crippen LogP contribution in [0.5, 0.6) is 0 Å². The van der Waals surface area contributed by atoms with Crippen molar-refractivity contribution >= 4 is 45.4 Å². The molecule has 0 aliphatic rings. The smallest absolute Gasteiger partial charge is 0.328 e. The van der Waals surface area contributed by atoms with Gasteiger partial charge in [0.2, 0.25) is 0 Å². The molecular weight excluding hydrogens is 231 g/mol. The van der Waals surface area contributed by atoms with Crippen molar-refractivity contribution in [3.8, 4) is 0 Å². The number of amides is 1. The zero-order valence-electron chi connectivity index (χ0n) is 5.54. The van der Waals surface area contributed by atoms with Crippen LogP contribution in [0.15, 0.2) is 0 Å². The molecule has 0 saturated carbocycles. The summed E-state index contributed by atoms with van der Waals surface area (Å²) in [6.07, 6.45) is -1.05. The molecule has 0 radical (unpaired) electrons. The van der Waals surface area contributed by atoms with Gasteiger partial charge in [0.05, 0.1) is 0 Å². The summed E-state index contributed by atoms with van der Waals surface area (Å²) in [6.45, 7) is 0.218. The zero-order valence-corrected chi connectivity index (χ0v) is 8.81. The van der Waals surface area contributed by atoms with Crippen molar-refractivity contribution in [3.05, 3.63) is 0 Å². The number of halogens is 4. The minimum Gasteiger partial charge on any atom is -0.328 e. The van der Waals surface area contributed by atoms with E-state index in [1.54, 1.807) is 0 Å². The van der Waals surface area contributed by atoms with Crippen LogP contribution in [-0.4, -0.2) is 18.7 Å². The monoisotopic (exact) mass is 237 g/mol. The Labute approximate surface area is 79.1 Å². The highest BCUT2D eigenvalue weighted by Crippen LogP contribution is 2.25. The first kappa shape index (κ1) is 11.5. The van der Waals surface area contributed by atoms with Crippen LogP contribution in [0.1, 0.15) is 6.42 Å². The number of carbonyl (C=O) groups is 1. The van der Waals surface area contributed by atoms with Crippen molar-refractivity contribution in [1.29, 1.82) is 0 Å². The van der Waals surface area contributed by atoms with Gasteiger partial charge in [-0.3, -0.25) is 0 Å². The van der Waals surface area contributed by atoms with Crippen molar-refractivity contribution in [2.75, 3.05) is 6.54 Å². The lowest BCUT2D eigenvalue weighted by Crippen LogP contribution is -2.20. The SMILES string of the molecule is O=C(F)NCCC[Si](Cl)(Cl)Cl. The lowest BCUT2D eigenvalue weighted by Gasteiger charge is -2.05. The Balaban J connectivity index is 3.22.